The van der Waals surface area contributed by atoms with Crippen molar-refractivity contribution in [3.8, 4) is 5.75 Å². The number of nitrogens with one attached hydrogen (secondary N) is 1. The summed E-state index contributed by atoms with van der Waals surface area (Å²) in [5.41, 5.74) is 1.82. The molecule has 25 heavy (non-hydrogen) atoms. The van der Waals surface area contributed by atoms with Crippen LogP contribution >= 0.6 is 35.2 Å². The van der Waals surface area contributed by atoms with Crippen LogP contribution in [0.3, 0.4) is 0 Å². The molecular formula is C18H14ClN3OS2. The van der Waals surface area contributed by atoms with E-state index >= 15 is 0 Å². The van der Waals surface area contributed by atoms with Crippen molar-refractivity contribution in [1.82, 2.24) is 10.3 Å². The summed E-state index contributed by atoms with van der Waals surface area (Å²) in [4.78, 5) is 7.65. The van der Waals surface area contributed by atoms with Gasteiger partial charge in [-0.05, 0) is 60.7 Å². The highest BCUT2D eigenvalue weighted by atomic mass is 35.5. The van der Waals surface area contributed by atoms with Gasteiger partial charge in [0.15, 0.2) is 5.11 Å². The van der Waals surface area contributed by atoms with E-state index in [0.717, 1.165) is 20.6 Å². The minimum absolute atomic E-state index is 0.0653. The summed E-state index contributed by atoms with van der Waals surface area (Å²) in [6.45, 7) is 0. The fraction of sp³-hybridized carbons (Fsp3) is 0.111. The molecule has 3 heterocycles. The quantitative estimate of drug-likeness (QED) is 0.639. The molecule has 0 amide bonds. The Kier molecular flexibility index (Phi) is 4.33. The Bertz CT molecular complexity index is 898. The molecule has 0 spiro atoms. The van der Waals surface area contributed by atoms with E-state index in [9.17, 15) is 5.11 Å². The molecule has 4 nitrogen and oxygen atoms in total. The van der Waals surface area contributed by atoms with Crippen LogP contribution in [0.4, 0.5) is 5.69 Å². The Morgan fingerprint density at radius 3 is 2.56 bits per heavy atom. The van der Waals surface area contributed by atoms with Gasteiger partial charge in [0.2, 0.25) is 0 Å². The standard InChI is InChI=1S/C18H14ClN3OS2/c19-15-9-8-14(25-15)17-16(13-3-1-2-10-20-13)21-18(24)22(17)11-4-6-12(23)7-5-11/h1-10,16-17,23H,(H,21,24)/t16-,17-/m0/s1. The predicted octanol–water partition coefficient (Wildman–Crippen LogP) is 4.68. The molecule has 1 fully saturated rings. The van der Waals surface area contributed by atoms with Gasteiger partial charge < -0.3 is 15.3 Å². The zero-order valence-corrected chi connectivity index (χ0v) is 15.4. The number of thiophene rings is 1. The predicted molar refractivity (Wildman–Crippen MR) is 105 cm³/mol. The third kappa shape index (κ3) is 3.08. The molecule has 126 valence electrons. The fourth-order valence-corrected chi connectivity index (χ4v) is 4.56. The lowest BCUT2D eigenvalue weighted by Gasteiger charge is -2.26. The Hall–Kier alpha value is -2.15. The van der Waals surface area contributed by atoms with Crippen molar-refractivity contribution >= 4 is 46.0 Å². The topological polar surface area (TPSA) is 48.4 Å². The number of benzene rings is 1. The molecular weight excluding hydrogens is 374 g/mol. The largest absolute Gasteiger partial charge is 0.508 e. The number of thiocarbonyl (C=S) groups is 1. The summed E-state index contributed by atoms with van der Waals surface area (Å²) in [6, 6.07) is 16.6. The first-order valence-electron chi connectivity index (χ1n) is 7.68. The molecule has 0 saturated carbocycles. The Morgan fingerprint density at radius 1 is 1.12 bits per heavy atom. The van der Waals surface area contributed by atoms with E-state index in [1.807, 2.05) is 42.5 Å². The van der Waals surface area contributed by atoms with Gasteiger partial charge in [-0.2, -0.15) is 0 Å². The summed E-state index contributed by atoms with van der Waals surface area (Å²) >= 11 is 13.3. The third-order valence-electron chi connectivity index (χ3n) is 4.11. The van der Waals surface area contributed by atoms with E-state index in [0.29, 0.717) is 5.11 Å². The van der Waals surface area contributed by atoms with Crippen molar-refractivity contribution in [2.24, 2.45) is 0 Å². The summed E-state index contributed by atoms with van der Waals surface area (Å²) in [5, 5.41) is 13.6. The van der Waals surface area contributed by atoms with Crippen molar-refractivity contribution in [2.75, 3.05) is 4.90 Å². The molecule has 1 aliphatic rings. The third-order valence-corrected chi connectivity index (χ3v) is 5.73. The molecule has 0 aliphatic carbocycles. The second-order valence-electron chi connectivity index (χ2n) is 5.65. The van der Waals surface area contributed by atoms with Crippen LogP contribution in [0.25, 0.3) is 0 Å². The molecule has 0 bridgehead atoms. The molecule has 2 N–H and O–H groups in total. The second-order valence-corrected chi connectivity index (χ2v) is 7.79. The fourth-order valence-electron chi connectivity index (χ4n) is 3.02. The molecule has 7 heteroatoms. The van der Waals surface area contributed by atoms with Crippen LogP contribution in [-0.2, 0) is 0 Å². The zero-order chi connectivity index (χ0) is 17.4. The second kappa shape index (κ2) is 6.63. The molecule has 3 aromatic rings. The highest BCUT2D eigenvalue weighted by Crippen LogP contribution is 2.44. The SMILES string of the molecule is Oc1ccc(N2C(=S)N[C@@H](c3ccccn3)[C@@H]2c2ccc(Cl)s2)cc1. The van der Waals surface area contributed by atoms with Gasteiger partial charge in [-0.25, -0.2) is 0 Å². The normalized spacial score (nSPS) is 19.9. The first kappa shape index (κ1) is 16.3. The van der Waals surface area contributed by atoms with Crippen LogP contribution in [0.15, 0.2) is 60.8 Å². The number of aromatic hydroxyl groups is 1. The maximum absolute atomic E-state index is 9.59. The maximum atomic E-state index is 9.59. The Balaban J connectivity index is 1.81. The van der Waals surface area contributed by atoms with Crippen LogP contribution in [0, 0.1) is 0 Å². The average Bonchev–Trinajstić information content (AvgIpc) is 3.20. The lowest BCUT2D eigenvalue weighted by Crippen LogP contribution is -2.28. The zero-order valence-electron chi connectivity index (χ0n) is 13.0. The smallest absolute Gasteiger partial charge is 0.174 e. The maximum Gasteiger partial charge on any atom is 0.174 e. The molecule has 2 atom stereocenters. The van der Waals surface area contributed by atoms with Gasteiger partial charge in [0.05, 0.1) is 22.1 Å². The van der Waals surface area contributed by atoms with E-state index in [1.54, 1.807) is 18.3 Å². The van der Waals surface area contributed by atoms with Gasteiger partial charge >= 0.3 is 0 Å². The van der Waals surface area contributed by atoms with Crippen LogP contribution in [-0.4, -0.2) is 15.2 Å². The first-order chi connectivity index (χ1) is 12.1. The van der Waals surface area contributed by atoms with E-state index in [-0.39, 0.29) is 17.8 Å². The molecule has 1 saturated heterocycles. The Morgan fingerprint density at radius 2 is 1.92 bits per heavy atom. The summed E-state index contributed by atoms with van der Waals surface area (Å²) in [5.74, 6) is 0.221. The van der Waals surface area contributed by atoms with E-state index in [1.165, 1.54) is 11.3 Å². The van der Waals surface area contributed by atoms with E-state index in [2.05, 4.69) is 15.2 Å². The first-order valence-corrected chi connectivity index (χ1v) is 9.28. The summed E-state index contributed by atoms with van der Waals surface area (Å²) in [7, 11) is 0. The number of phenolic OH excluding ortho intramolecular Hbond substituents is 1. The minimum Gasteiger partial charge on any atom is -0.508 e. The van der Waals surface area contributed by atoms with Gasteiger partial charge in [0.25, 0.3) is 0 Å². The lowest BCUT2D eigenvalue weighted by atomic mass is 10.0. The molecule has 2 aromatic heterocycles. The molecule has 0 unspecified atom stereocenters. The van der Waals surface area contributed by atoms with Crippen LogP contribution in [0.2, 0.25) is 4.34 Å². The number of anilines is 1. The number of nitrogens with zero attached hydrogens (tertiary/aromatic N) is 2. The number of aromatic nitrogens is 1. The highest BCUT2D eigenvalue weighted by Gasteiger charge is 2.41. The van der Waals surface area contributed by atoms with E-state index < -0.39 is 0 Å². The summed E-state index contributed by atoms with van der Waals surface area (Å²) < 4.78 is 0.734. The van der Waals surface area contributed by atoms with Gasteiger partial charge in [-0.1, -0.05) is 17.7 Å². The van der Waals surface area contributed by atoms with Crippen molar-refractivity contribution < 1.29 is 5.11 Å². The van der Waals surface area contributed by atoms with Crippen molar-refractivity contribution in [1.29, 1.82) is 0 Å². The van der Waals surface area contributed by atoms with E-state index in [4.69, 9.17) is 23.8 Å². The molecule has 1 aromatic carbocycles. The highest BCUT2D eigenvalue weighted by molar-refractivity contribution is 7.80. The van der Waals surface area contributed by atoms with Crippen LogP contribution in [0.1, 0.15) is 22.7 Å². The monoisotopic (exact) mass is 387 g/mol. The van der Waals surface area contributed by atoms with Crippen molar-refractivity contribution in [3.05, 3.63) is 75.7 Å². The number of hydrogen-bond acceptors (Lipinski definition) is 4. The minimum atomic E-state index is -0.0859. The molecule has 0 radical (unpaired) electrons. The lowest BCUT2D eigenvalue weighted by molar-refractivity contribution is 0.475. The van der Waals surface area contributed by atoms with Crippen LogP contribution in [0.5, 0.6) is 5.75 Å². The average molecular weight is 388 g/mol. The van der Waals surface area contributed by atoms with Crippen molar-refractivity contribution in [2.45, 2.75) is 12.1 Å². The number of pyridine rings is 1. The molecule has 1 aliphatic heterocycles. The van der Waals surface area contributed by atoms with Gasteiger partial charge in [0, 0.05) is 16.8 Å². The number of phenols is 1. The van der Waals surface area contributed by atoms with Gasteiger partial charge in [-0.15, -0.1) is 11.3 Å². The number of rotatable bonds is 3. The Labute approximate surface area is 159 Å². The number of halogens is 1. The van der Waals surface area contributed by atoms with Crippen molar-refractivity contribution in [3.63, 3.8) is 0 Å². The van der Waals surface area contributed by atoms with Gasteiger partial charge in [-0.3, -0.25) is 4.98 Å². The molecule has 4 rings (SSSR count). The van der Waals surface area contributed by atoms with Crippen LogP contribution < -0.4 is 10.2 Å². The summed E-state index contributed by atoms with van der Waals surface area (Å²) in [6.07, 6.45) is 1.78. The number of hydrogen-bond donors (Lipinski definition) is 2. The van der Waals surface area contributed by atoms with Gasteiger partial charge in [0.1, 0.15) is 5.75 Å².